The lowest BCUT2D eigenvalue weighted by atomic mass is 9.83. The molecule has 0 unspecified atom stereocenters. The molecule has 6 nitrogen and oxygen atoms in total. The topological polar surface area (TPSA) is 77.0 Å². The van der Waals surface area contributed by atoms with E-state index in [0.717, 1.165) is 11.1 Å². The summed E-state index contributed by atoms with van der Waals surface area (Å²) in [4.78, 5) is 12.4. The van der Waals surface area contributed by atoms with Gasteiger partial charge in [0.15, 0.2) is 6.29 Å². The van der Waals surface area contributed by atoms with Gasteiger partial charge in [0.2, 0.25) is 0 Å². The van der Waals surface area contributed by atoms with Gasteiger partial charge in [-0.1, -0.05) is 60.7 Å². The minimum atomic E-state index is -0.902. The molecule has 1 heterocycles. The van der Waals surface area contributed by atoms with Gasteiger partial charge in [0.1, 0.15) is 11.6 Å². The van der Waals surface area contributed by atoms with E-state index in [1.54, 1.807) is 7.11 Å². The Hall–Kier alpha value is -2.25. The zero-order valence-corrected chi connectivity index (χ0v) is 17.1. The number of benzene rings is 2. The van der Waals surface area contributed by atoms with E-state index in [2.05, 4.69) is 5.32 Å². The molecule has 0 saturated carbocycles. The van der Waals surface area contributed by atoms with Crippen LogP contribution in [0.15, 0.2) is 60.7 Å². The lowest BCUT2D eigenvalue weighted by Crippen LogP contribution is -2.60. The molecule has 1 fully saturated rings. The number of hydrogen-bond donors (Lipinski definition) is 2. The summed E-state index contributed by atoms with van der Waals surface area (Å²) in [5.74, 6) is -0.366. The molecule has 0 aromatic heterocycles. The van der Waals surface area contributed by atoms with Crippen LogP contribution in [-0.4, -0.2) is 49.8 Å². The molecule has 0 aliphatic carbocycles. The van der Waals surface area contributed by atoms with E-state index >= 15 is 0 Å². The van der Waals surface area contributed by atoms with Crippen molar-refractivity contribution in [3.8, 4) is 0 Å². The van der Waals surface area contributed by atoms with Crippen molar-refractivity contribution in [1.29, 1.82) is 0 Å². The summed E-state index contributed by atoms with van der Waals surface area (Å²) < 4.78 is 16.8. The van der Waals surface area contributed by atoms with Gasteiger partial charge in [0.25, 0.3) is 0 Å². The molecule has 1 saturated heterocycles. The van der Waals surface area contributed by atoms with Crippen LogP contribution in [0.2, 0.25) is 0 Å². The van der Waals surface area contributed by atoms with Crippen molar-refractivity contribution in [2.24, 2.45) is 0 Å². The van der Waals surface area contributed by atoms with E-state index in [1.165, 1.54) is 7.11 Å². The number of aliphatic hydroxyl groups excluding tert-OH is 1. The van der Waals surface area contributed by atoms with Gasteiger partial charge in [0.05, 0.1) is 19.3 Å². The van der Waals surface area contributed by atoms with Crippen LogP contribution in [0.25, 0.3) is 0 Å². The lowest BCUT2D eigenvalue weighted by Gasteiger charge is -2.46. The van der Waals surface area contributed by atoms with E-state index in [1.807, 2.05) is 67.6 Å². The van der Waals surface area contributed by atoms with Crippen molar-refractivity contribution in [1.82, 2.24) is 5.32 Å². The van der Waals surface area contributed by atoms with Crippen molar-refractivity contribution in [2.45, 2.75) is 49.8 Å². The molecule has 0 bridgehead atoms. The number of carbonyl (C=O) groups is 1. The molecular formula is C23H29NO5. The molecule has 2 N–H and O–H groups in total. The van der Waals surface area contributed by atoms with Gasteiger partial charge in [-0.05, 0) is 30.9 Å². The van der Waals surface area contributed by atoms with Crippen molar-refractivity contribution in [3.63, 3.8) is 0 Å². The molecular weight excluding hydrogens is 370 g/mol. The highest BCUT2D eigenvalue weighted by atomic mass is 16.7. The van der Waals surface area contributed by atoms with E-state index < -0.39 is 24.0 Å². The van der Waals surface area contributed by atoms with Crippen LogP contribution in [0.5, 0.6) is 0 Å². The average Bonchev–Trinajstić information content (AvgIpc) is 2.76. The Morgan fingerprint density at radius 1 is 1.17 bits per heavy atom. The monoisotopic (exact) mass is 399 g/mol. The molecule has 0 spiro atoms. The normalized spacial score (nSPS) is 27.9. The molecule has 0 radical (unpaired) electrons. The molecule has 3 rings (SSSR count). The number of methoxy groups -OCH3 is 2. The number of nitrogens with one attached hydrogen (secondary N) is 1. The highest BCUT2D eigenvalue weighted by Crippen LogP contribution is 2.38. The predicted octanol–water partition coefficient (Wildman–Crippen LogP) is 2.40. The smallest absolute Gasteiger partial charge is 0.323 e. The van der Waals surface area contributed by atoms with Crippen LogP contribution >= 0.6 is 0 Å². The molecule has 6 heteroatoms. The number of rotatable bonds is 7. The largest absolute Gasteiger partial charge is 0.468 e. The minimum absolute atomic E-state index is 0.366. The van der Waals surface area contributed by atoms with E-state index in [9.17, 15) is 9.90 Å². The van der Waals surface area contributed by atoms with Gasteiger partial charge in [-0.15, -0.1) is 0 Å². The summed E-state index contributed by atoms with van der Waals surface area (Å²) in [5.41, 5.74) is 0.984. The van der Waals surface area contributed by atoms with Crippen LogP contribution in [0.3, 0.4) is 0 Å². The second-order valence-electron chi connectivity index (χ2n) is 7.49. The molecule has 0 amide bonds. The summed E-state index contributed by atoms with van der Waals surface area (Å²) in [5, 5.41) is 14.2. The van der Waals surface area contributed by atoms with Crippen LogP contribution in [0.1, 0.15) is 24.5 Å². The first-order valence-electron chi connectivity index (χ1n) is 9.80. The summed E-state index contributed by atoms with van der Waals surface area (Å²) in [6, 6.07) is 18.4. The Morgan fingerprint density at radius 3 is 2.38 bits per heavy atom. The summed E-state index contributed by atoms with van der Waals surface area (Å²) in [6.07, 6.45) is -0.575. The molecule has 5 atom stereocenters. The summed E-state index contributed by atoms with van der Waals surface area (Å²) >= 11 is 0. The van der Waals surface area contributed by atoms with Crippen molar-refractivity contribution >= 4 is 5.97 Å². The van der Waals surface area contributed by atoms with Gasteiger partial charge in [-0.25, -0.2) is 0 Å². The van der Waals surface area contributed by atoms with E-state index in [-0.39, 0.29) is 12.0 Å². The number of hydrogen-bond acceptors (Lipinski definition) is 6. The number of aliphatic hydroxyl groups is 1. The van der Waals surface area contributed by atoms with Crippen LogP contribution in [0.4, 0.5) is 0 Å². The SMILES string of the molecule is COC(=O)[C@H](Cc1ccccc1)N[C@@H]1C[C@H](O)[C@@](C)(c2ccccc2)O[C@H]1OC. The predicted molar refractivity (Wildman–Crippen MR) is 109 cm³/mol. The maximum Gasteiger partial charge on any atom is 0.323 e. The van der Waals surface area contributed by atoms with Gasteiger partial charge in [-0.3, -0.25) is 10.1 Å². The zero-order chi connectivity index (χ0) is 20.9. The highest BCUT2D eigenvalue weighted by Gasteiger charge is 2.47. The third kappa shape index (κ3) is 4.85. The number of esters is 1. The van der Waals surface area contributed by atoms with Gasteiger partial charge in [0, 0.05) is 7.11 Å². The van der Waals surface area contributed by atoms with Crippen molar-refractivity contribution in [3.05, 3.63) is 71.8 Å². The Morgan fingerprint density at radius 2 is 1.79 bits per heavy atom. The fraction of sp³-hybridized carbons (Fsp3) is 0.435. The Labute approximate surface area is 171 Å². The second kappa shape index (κ2) is 9.50. The fourth-order valence-corrected chi connectivity index (χ4v) is 3.83. The van der Waals surface area contributed by atoms with Gasteiger partial charge < -0.3 is 19.3 Å². The highest BCUT2D eigenvalue weighted by molar-refractivity contribution is 5.76. The summed E-state index contributed by atoms with van der Waals surface area (Å²) in [6.45, 7) is 1.86. The maximum absolute atomic E-state index is 12.4. The van der Waals surface area contributed by atoms with E-state index in [0.29, 0.717) is 12.8 Å². The van der Waals surface area contributed by atoms with Gasteiger partial charge >= 0.3 is 5.97 Å². The third-order valence-electron chi connectivity index (χ3n) is 5.57. The van der Waals surface area contributed by atoms with E-state index in [4.69, 9.17) is 14.2 Å². The fourth-order valence-electron chi connectivity index (χ4n) is 3.83. The molecule has 156 valence electrons. The first kappa shape index (κ1) is 21.5. The van der Waals surface area contributed by atoms with Crippen LogP contribution in [-0.2, 0) is 31.0 Å². The Balaban J connectivity index is 1.78. The number of carbonyl (C=O) groups excluding carboxylic acids is 1. The molecule has 2 aromatic rings. The first-order chi connectivity index (χ1) is 14.0. The van der Waals surface area contributed by atoms with Crippen molar-refractivity contribution < 1.29 is 24.1 Å². The molecule has 2 aromatic carbocycles. The standard InChI is InChI=1S/C23H29NO5/c1-23(17-12-8-5-9-13-17)20(25)15-19(22(28-3)29-23)24-18(21(26)27-2)14-16-10-6-4-7-11-16/h4-13,18-20,22,24-25H,14-15H2,1-3H3/t18-,19+,20-,22+,23+/m0/s1. The summed E-state index contributed by atoms with van der Waals surface area (Å²) in [7, 11) is 2.93. The van der Waals surface area contributed by atoms with Crippen LogP contribution in [0, 0.1) is 0 Å². The lowest BCUT2D eigenvalue weighted by molar-refractivity contribution is -0.272. The quantitative estimate of drug-likeness (QED) is 0.697. The number of ether oxygens (including phenoxy) is 3. The average molecular weight is 399 g/mol. The Bertz CT molecular complexity index is 784. The first-order valence-corrected chi connectivity index (χ1v) is 9.80. The second-order valence-corrected chi connectivity index (χ2v) is 7.49. The van der Waals surface area contributed by atoms with Crippen LogP contribution < -0.4 is 5.32 Å². The minimum Gasteiger partial charge on any atom is -0.468 e. The molecule has 29 heavy (non-hydrogen) atoms. The molecule has 1 aliphatic heterocycles. The third-order valence-corrected chi connectivity index (χ3v) is 5.57. The van der Waals surface area contributed by atoms with Gasteiger partial charge in [-0.2, -0.15) is 0 Å². The molecule has 1 aliphatic rings. The Kier molecular flexibility index (Phi) is 7.03. The maximum atomic E-state index is 12.4. The zero-order valence-electron chi connectivity index (χ0n) is 17.1. The van der Waals surface area contributed by atoms with Crippen molar-refractivity contribution in [2.75, 3.05) is 14.2 Å².